The molecule has 2 aromatic heterocycles. The number of carbonyl (C=O) groups excluding carboxylic acids is 3. The van der Waals surface area contributed by atoms with E-state index in [0.29, 0.717) is 16.7 Å². The van der Waals surface area contributed by atoms with Gasteiger partial charge in [-0.2, -0.15) is 0 Å². The van der Waals surface area contributed by atoms with Gasteiger partial charge in [0.2, 0.25) is 17.7 Å². The number of imidazole rings is 1. The maximum absolute atomic E-state index is 13.9. The zero-order valence-corrected chi connectivity index (χ0v) is 25.7. The minimum absolute atomic E-state index is 0.0227. The van der Waals surface area contributed by atoms with Gasteiger partial charge in [-0.1, -0.05) is 72.8 Å². The first-order valence-corrected chi connectivity index (χ1v) is 15.1. The topological polar surface area (TPSA) is 214 Å². The molecule has 2 heterocycles. The Kier molecular flexibility index (Phi) is 10.6. The number of anilines is 1. The van der Waals surface area contributed by atoms with Crippen LogP contribution in [0.4, 0.5) is 5.82 Å². The van der Waals surface area contributed by atoms with Crippen LogP contribution < -0.4 is 21.7 Å². The second kappa shape index (κ2) is 15.3. The zero-order chi connectivity index (χ0) is 34.0. The van der Waals surface area contributed by atoms with Gasteiger partial charge < -0.3 is 36.5 Å². The lowest BCUT2D eigenvalue weighted by atomic mass is 10.0. The van der Waals surface area contributed by atoms with Crippen molar-refractivity contribution in [2.24, 2.45) is 0 Å². The summed E-state index contributed by atoms with van der Waals surface area (Å²) in [7, 11) is 0. The number of nitrogens with one attached hydrogen (secondary N) is 3. The molecule has 14 nitrogen and oxygen atoms in total. The summed E-state index contributed by atoms with van der Waals surface area (Å²) in [6.07, 6.45) is 2.77. The standard InChI is InChI=1S/C34H34N8O6/c35-30-29-31(37-19-36-30)42(20-38-29)18-28(44)39-25(15-21-7-3-1-4-8-21)32(45)40-26(16-22-9-5-2-6-10-22)33(46)41-27(34(47)48)17-23-11-13-24(43)14-12-23/h1-14,19-20,25-27,43H,15-18H2,(H,39,44)(H,40,45)(H,41,46)(H,47,48)(H2,35,36,37). The Bertz CT molecular complexity index is 1880. The Morgan fingerprint density at radius 1 is 0.688 bits per heavy atom. The number of carbonyl (C=O) groups is 4. The highest BCUT2D eigenvalue weighted by Crippen LogP contribution is 2.15. The summed E-state index contributed by atoms with van der Waals surface area (Å²) in [6.45, 7) is -0.225. The number of aromatic hydroxyl groups is 1. The molecule has 0 aliphatic heterocycles. The number of carboxylic acid groups (broad SMARTS) is 1. The number of phenolic OH excluding ortho intramolecular Hbond substituents is 1. The van der Waals surface area contributed by atoms with Gasteiger partial charge in [-0.05, 0) is 28.8 Å². The summed E-state index contributed by atoms with van der Waals surface area (Å²) in [6, 6.07) is 20.4. The minimum Gasteiger partial charge on any atom is -0.508 e. The number of aromatic nitrogens is 4. The van der Waals surface area contributed by atoms with Crippen LogP contribution in [0.25, 0.3) is 11.2 Å². The van der Waals surface area contributed by atoms with E-state index in [1.807, 2.05) is 24.3 Å². The molecule has 14 heteroatoms. The molecule has 5 aromatic rings. The van der Waals surface area contributed by atoms with Gasteiger partial charge in [0, 0.05) is 19.3 Å². The molecule has 3 amide bonds. The van der Waals surface area contributed by atoms with E-state index in [1.54, 1.807) is 48.5 Å². The van der Waals surface area contributed by atoms with Crippen LogP contribution in [0.2, 0.25) is 0 Å². The van der Waals surface area contributed by atoms with E-state index >= 15 is 0 Å². The molecule has 0 aliphatic carbocycles. The number of amides is 3. The van der Waals surface area contributed by atoms with Crippen LogP contribution in [0.1, 0.15) is 16.7 Å². The van der Waals surface area contributed by atoms with Crippen molar-refractivity contribution in [3.05, 3.63) is 114 Å². The Hall–Kier alpha value is -6.31. The number of hydrogen-bond acceptors (Lipinski definition) is 9. The SMILES string of the molecule is Nc1ncnc2c1ncn2CC(=O)NC(Cc1ccccc1)C(=O)NC(Cc1ccccc1)C(=O)NC(Cc1ccc(O)cc1)C(=O)O. The van der Waals surface area contributed by atoms with Crippen molar-refractivity contribution in [1.29, 1.82) is 0 Å². The number of carboxylic acids is 1. The number of nitrogens with zero attached hydrogens (tertiary/aromatic N) is 4. The molecule has 0 saturated heterocycles. The quantitative estimate of drug-likeness (QED) is 0.102. The van der Waals surface area contributed by atoms with Gasteiger partial charge in [0.15, 0.2) is 11.5 Å². The molecule has 0 bridgehead atoms. The molecule has 3 atom stereocenters. The zero-order valence-electron chi connectivity index (χ0n) is 25.7. The number of aliphatic carboxylic acids is 1. The molecule has 5 rings (SSSR count). The van der Waals surface area contributed by atoms with Gasteiger partial charge in [0.1, 0.15) is 42.3 Å². The van der Waals surface area contributed by atoms with Crippen molar-refractivity contribution in [2.45, 2.75) is 43.9 Å². The molecule has 0 saturated carbocycles. The molecule has 7 N–H and O–H groups in total. The van der Waals surface area contributed by atoms with Gasteiger partial charge in [-0.15, -0.1) is 0 Å². The Balaban J connectivity index is 1.36. The highest BCUT2D eigenvalue weighted by Gasteiger charge is 2.30. The van der Waals surface area contributed by atoms with Crippen molar-refractivity contribution in [3.63, 3.8) is 0 Å². The predicted octanol–water partition coefficient (Wildman–Crippen LogP) is 1.38. The predicted molar refractivity (Wildman–Crippen MR) is 175 cm³/mol. The molecule has 3 aromatic carbocycles. The third-order valence-corrected chi connectivity index (χ3v) is 7.58. The van der Waals surface area contributed by atoms with Gasteiger partial charge in [-0.25, -0.2) is 19.7 Å². The van der Waals surface area contributed by atoms with Crippen molar-refractivity contribution < 1.29 is 29.4 Å². The van der Waals surface area contributed by atoms with Gasteiger partial charge in [0.05, 0.1) is 6.33 Å². The fourth-order valence-electron chi connectivity index (χ4n) is 5.14. The highest BCUT2D eigenvalue weighted by molar-refractivity contribution is 5.94. The lowest BCUT2D eigenvalue weighted by Crippen LogP contribution is -2.57. The number of phenols is 1. The maximum atomic E-state index is 13.9. The Morgan fingerprint density at radius 3 is 1.79 bits per heavy atom. The number of fused-ring (bicyclic) bond motifs is 1. The van der Waals surface area contributed by atoms with Crippen molar-refractivity contribution in [2.75, 3.05) is 5.73 Å². The van der Waals surface area contributed by atoms with E-state index in [9.17, 15) is 29.4 Å². The van der Waals surface area contributed by atoms with Crippen LogP contribution >= 0.6 is 0 Å². The van der Waals surface area contributed by atoms with Gasteiger partial charge in [0.25, 0.3) is 0 Å². The second-order valence-electron chi connectivity index (χ2n) is 11.1. The van der Waals surface area contributed by atoms with E-state index in [0.717, 1.165) is 11.1 Å². The number of benzene rings is 3. The van der Waals surface area contributed by atoms with Crippen LogP contribution in [0.5, 0.6) is 5.75 Å². The van der Waals surface area contributed by atoms with Crippen LogP contribution in [-0.4, -0.2) is 71.5 Å². The van der Waals surface area contributed by atoms with E-state index in [4.69, 9.17) is 5.73 Å². The van der Waals surface area contributed by atoms with E-state index < -0.39 is 41.8 Å². The smallest absolute Gasteiger partial charge is 0.326 e. The third kappa shape index (κ3) is 8.69. The van der Waals surface area contributed by atoms with E-state index in [1.165, 1.54) is 29.4 Å². The first kappa shape index (κ1) is 33.1. The maximum Gasteiger partial charge on any atom is 0.326 e. The van der Waals surface area contributed by atoms with Gasteiger partial charge >= 0.3 is 5.97 Å². The van der Waals surface area contributed by atoms with E-state index in [2.05, 4.69) is 30.9 Å². The van der Waals surface area contributed by atoms with Gasteiger partial charge in [-0.3, -0.25) is 14.4 Å². The van der Waals surface area contributed by atoms with Crippen LogP contribution in [0, 0.1) is 0 Å². The average molecular weight is 651 g/mol. The molecule has 48 heavy (non-hydrogen) atoms. The first-order valence-electron chi connectivity index (χ1n) is 15.1. The molecule has 0 spiro atoms. The molecular formula is C34H34N8O6. The van der Waals surface area contributed by atoms with Crippen molar-refractivity contribution in [3.8, 4) is 5.75 Å². The fraction of sp³-hybridized carbons (Fsp3) is 0.206. The molecular weight excluding hydrogens is 616 g/mol. The summed E-state index contributed by atoms with van der Waals surface area (Å²) >= 11 is 0. The Morgan fingerprint density at radius 2 is 1.21 bits per heavy atom. The second-order valence-corrected chi connectivity index (χ2v) is 11.1. The summed E-state index contributed by atoms with van der Waals surface area (Å²) in [5, 5.41) is 27.6. The molecule has 3 unspecified atom stereocenters. The first-order chi connectivity index (χ1) is 23.2. The summed E-state index contributed by atoms with van der Waals surface area (Å²) in [4.78, 5) is 65.2. The number of rotatable bonds is 14. The highest BCUT2D eigenvalue weighted by atomic mass is 16.4. The number of nitrogens with two attached hydrogens (primary N) is 1. The lowest BCUT2D eigenvalue weighted by Gasteiger charge is -2.25. The summed E-state index contributed by atoms with van der Waals surface area (Å²) in [5.41, 5.74) is 8.61. The minimum atomic E-state index is -1.32. The lowest BCUT2D eigenvalue weighted by molar-refractivity contribution is -0.142. The van der Waals surface area contributed by atoms with Crippen molar-refractivity contribution >= 4 is 40.7 Å². The largest absolute Gasteiger partial charge is 0.508 e. The number of hydrogen-bond donors (Lipinski definition) is 6. The molecule has 0 radical (unpaired) electrons. The molecule has 0 aliphatic rings. The average Bonchev–Trinajstić information content (AvgIpc) is 3.49. The van der Waals surface area contributed by atoms with E-state index in [-0.39, 0.29) is 37.4 Å². The molecule has 246 valence electrons. The Labute approximate surface area is 275 Å². The monoisotopic (exact) mass is 650 g/mol. The molecule has 0 fully saturated rings. The van der Waals surface area contributed by atoms with Crippen LogP contribution in [0.15, 0.2) is 97.6 Å². The van der Waals surface area contributed by atoms with Crippen LogP contribution in [0.3, 0.4) is 0 Å². The van der Waals surface area contributed by atoms with Crippen LogP contribution in [-0.2, 0) is 45.0 Å². The third-order valence-electron chi connectivity index (χ3n) is 7.58. The normalized spacial score (nSPS) is 12.8. The fourth-order valence-corrected chi connectivity index (χ4v) is 5.14. The van der Waals surface area contributed by atoms with Crippen molar-refractivity contribution in [1.82, 2.24) is 35.5 Å². The number of nitrogen functional groups attached to an aromatic ring is 1. The summed E-state index contributed by atoms with van der Waals surface area (Å²) in [5.74, 6) is -2.96. The summed E-state index contributed by atoms with van der Waals surface area (Å²) < 4.78 is 1.48.